The Bertz CT molecular complexity index is 205. The lowest BCUT2D eigenvalue weighted by Gasteiger charge is -2.33. The molecule has 0 atom stereocenters. The lowest BCUT2D eigenvalue weighted by atomic mass is 9.93. The summed E-state index contributed by atoms with van der Waals surface area (Å²) in [6, 6.07) is 0. The minimum atomic E-state index is 0.794. The third kappa shape index (κ3) is 6.75. The van der Waals surface area contributed by atoms with E-state index in [0.29, 0.717) is 0 Å². The van der Waals surface area contributed by atoms with E-state index in [4.69, 9.17) is 0 Å². The van der Waals surface area contributed by atoms with Gasteiger partial charge in [-0.15, -0.1) is 0 Å². The maximum absolute atomic E-state index is 2.65. The van der Waals surface area contributed by atoms with E-state index in [1.165, 1.54) is 52.0 Å². The molecule has 1 saturated heterocycles. The first kappa shape index (κ1) is 16.0. The second-order valence-corrected chi connectivity index (χ2v) is 7.08. The standard InChI is InChI=1S/C16H34N2/c1-14(2)12-17(5)9-6-16-7-10-18(11-8-16)13-15(3)4/h14-16H,6-13H2,1-5H3. The van der Waals surface area contributed by atoms with Crippen LogP contribution in [0.25, 0.3) is 0 Å². The highest BCUT2D eigenvalue weighted by molar-refractivity contribution is 4.74. The molecule has 0 aromatic carbocycles. The molecule has 0 amide bonds. The largest absolute Gasteiger partial charge is 0.306 e. The van der Waals surface area contributed by atoms with Gasteiger partial charge in [0.1, 0.15) is 0 Å². The molecule has 1 rings (SSSR count). The number of piperidine rings is 1. The van der Waals surface area contributed by atoms with Crippen molar-refractivity contribution < 1.29 is 0 Å². The third-order valence-corrected chi connectivity index (χ3v) is 3.93. The molecule has 18 heavy (non-hydrogen) atoms. The summed E-state index contributed by atoms with van der Waals surface area (Å²) in [5.41, 5.74) is 0. The molecule has 2 nitrogen and oxygen atoms in total. The fraction of sp³-hybridized carbons (Fsp3) is 1.00. The maximum Gasteiger partial charge on any atom is 0.000439 e. The zero-order valence-corrected chi connectivity index (χ0v) is 13.3. The molecule has 0 unspecified atom stereocenters. The van der Waals surface area contributed by atoms with Gasteiger partial charge in [-0.3, -0.25) is 0 Å². The van der Waals surface area contributed by atoms with Gasteiger partial charge in [0.25, 0.3) is 0 Å². The average molecular weight is 254 g/mol. The van der Waals surface area contributed by atoms with Crippen molar-refractivity contribution in [3.05, 3.63) is 0 Å². The van der Waals surface area contributed by atoms with Crippen molar-refractivity contribution in [2.45, 2.75) is 47.0 Å². The van der Waals surface area contributed by atoms with E-state index in [1.807, 2.05) is 0 Å². The molecule has 0 spiro atoms. The lowest BCUT2D eigenvalue weighted by Crippen LogP contribution is -2.37. The normalized spacial score (nSPS) is 19.3. The second-order valence-electron chi connectivity index (χ2n) is 7.08. The van der Waals surface area contributed by atoms with Crippen molar-refractivity contribution in [3.63, 3.8) is 0 Å². The molecular formula is C16H34N2. The summed E-state index contributed by atoms with van der Waals surface area (Å²) in [6.45, 7) is 15.7. The third-order valence-electron chi connectivity index (χ3n) is 3.93. The van der Waals surface area contributed by atoms with E-state index < -0.39 is 0 Å². The van der Waals surface area contributed by atoms with Gasteiger partial charge in [-0.25, -0.2) is 0 Å². The number of rotatable bonds is 7. The molecule has 0 aliphatic carbocycles. The van der Waals surface area contributed by atoms with Crippen molar-refractivity contribution >= 4 is 0 Å². The van der Waals surface area contributed by atoms with Gasteiger partial charge >= 0.3 is 0 Å². The molecule has 0 saturated carbocycles. The van der Waals surface area contributed by atoms with Crippen molar-refractivity contribution in [3.8, 4) is 0 Å². The Morgan fingerprint density at radius 3 is 2.17 bits per heavy atom. The van der Waals surface area contributed by atoms with Crippen LogP contribution in [0.15, 0.2) is 0 Å². The van der Waals surface area contributed by atoms with Gasteiger partial charge in [-0.2, -0.15) is 0 Å². The molecule has 0 N–H and O–H groups in total. The van der Waals surface area contributed by atoms with E-state index in [2.05, 4.69) is 44.5 Å². The van der Waals surface area contributed by atoms with E-state index in [0.717, 1.165) is 17.8 Å². The summed E-state index contributed by atoms with van der Waals surface area (Å²) in [7, 11) is 2.27. The van der Waals surface area contributed by atoms with Gasteiger partial charge in [0.15, 0.2) is 0 Å². The van der Waals surface area contributed by atoms with Crippen LogP contribution in [0, 0.1) is 17.8 Å². The van der Waals surface area contributed by atoms with E-state index in [-0.39, 0.29) is 0 Å². The Morgan fingerprint density at radius 2 is 1.67 bits per heavy atom. The summed E-state index contributed by atoms with van der Waals surface area (Å²) in [5.74, 6) is 2.59. The quantitative estimate of drug-likeness (QED) is 0.687. The average Bonchev–Trinajstić information content (AvgIpc) is 2.26. The molecule has 1 aliphatic heterocycles. The molecule has 1 heterocycles. The van der Waals surface area contributed by atoms with Crippen LogP contribution in [-0.4, -0.2) is 49.6 Å². The van der Waals surface area contributed by atoms with Gasteiger partial charge in [-0.05, 0) is 63.7 Å². The minimum absolute atomic E-state index is 0.794. The number of likely N-dealkylation sites (tertiary alicyclic amines) is 1. The number of hydrogen-bond donors (Lipinski definition) is 0. The molecule has 1 fully saturated rings. The first-order valence-electron chi connectivity index (χ1n) is 7.88. The van der Waals surface area contributed by atoms with Crippen LogP contribution >= 0.6 is 0 Å². The van der Waals surface area contributed by atoms with Crippen molar-refractivity contribution in [1.82, 2.24) is 9.80 Å². The van der Waals surface area contributed by atoms with Crippen LogP contribution in [0.5, 0.6) is 0 Å². The Morgan fingerprint density at radius 1 is 1.06 bits per heavy atom. The van der Waals surface area contributed by atoms with E-state index >= 15 is 0 Å². The van der Waals surface area contributed by atoms with Crippen molar-refractivity contribution in [2.75, 3.05) is 39.8 Å². The van der Waals surface area contributed by atoms with Gasteiger partial charge in [0.2, 0.25) is 0 Å². The Hall–Kier alpha value is -0.0800. The van der Waals surface area contributed by atoms with Gasteiger partial charge < -0.3 is 9.80 Å². The highest BCUT2D eigenvalue weighted by Crippen LogP contribution is 2.21. The highest BCUT2D eigenvalue weighted by atomic mass is 15.1. The van der Waals surface area contributed by atoms with Crippen LogP contribution in [0.3, 0.4) is 0 Å². The smallest absolute Gasteiger partial charge is 0.000439 e. The fourth-order valence-corrected chi connectivity index (χ4v) is 3.09. The topological polar surface area (TPSA) is 6.48 Å². The number of hydrogen-bond acceptors (Lipinski definition) is 2. The summed E-state index contributed by atoms with van der Waals surface area (Å²) in [4.78, 5) is 5.16. The predicted octanol–water partition coefficient (Wildman–Crippen LogP) is 3.33. The van der Waals surface area contributed by atoms with Gasteiger partial charge in [-0.1, -0.05) is 27.7 Å². The first-order valence-corrected chi connectivity index (χ1v) is 7.88. The summed E-state index contributed by atoms with van der Waals surface area (Å²) in [6.07, 6.45) is 4.24. The molecule has 0 aromatic heterocycles. The van der Waals surface area contributed by atoms with Crippen molar-refractivity contribution in [2.24, 2.45) is 17.8 Å². The van der Waals surface area contributed by atoms with Gasteiger partial charge in [0.05, 0.1) is 0 Å². The predicted molar refractivity (Wildman–Crippen MR) is 81.0 cm³/mol. The van der Waals surface area contributed by atoms with E-state index in [1.54, 1.807) is 0 Å². The molecule has 1 aliphatic rings. The molecular weight excluding hydrogens is 220 g/mol. The van der Waals surface area contributed by atoms with Gasteiger partial charge in [0, 0.05) is 13.1 Å². The number of nitrogens with zero attached hydrogens (tertiary/aromatic N) is 2. The minimum Gasteiger partial charge on any atom is -0.306 e. The van der Waals surface area contributed by atoms with E-state index in [9.17, 15) is 0 Å². The zero-order chi connectivity index (χ0) is 13.5. The van der Waals surface area contributed by atoms with Crippen LogP contribution < -0.4 is 0 Å². The highest BCUT2D eigenvalue weighted by Gasteiger charge is 2.19. The second kappa shape index (κ2) is 8.16. The Kier molecular flexibility index (Phi) is 7.25. The van der Waals surface area contributed by atoms with Crippen LogP contribution in [0.4, 0.5) is 0 Å². The SMILES string of the molecule is CC(C)CN(C)CCC1CCN(CC(C)C)CC1. The summed E-state index contributed by atoms with van der Waals surface area (Å²) >= 11 is 0. The van der Waals surface area contributed by atoms with Crippen LogP contribution in [0.1, 0.15) is 47.0 Å². The molecule has 2 heteroatoms. The monoisotopic (exact) mass is 254 g/mol. The zero-order valence-electron chi connectivity index (χ0n) is 13.3. The molecule has 0 aromatic rings. The summed E-state index contributed by atoms with van der Waals surface area (Å²) in [5, 5.41) is 0. The fourth-order valence-electron chi connectivity index (χ4n) is 3.09. The maximum atomic E-state index is 2.65. The Labute approximate surface area is 115 Å². The lowest BCUT2D eigenvalue weighted by molar-refractivity contribution is 0.154. The molecule has 0 radical (unpaired) electrons. The first-order chi connectivity index (χ1) is 8.47. The summed E-state index contributed by atoms with van der Waals surface area (Å²) < 4.78 is 0. The van der Waals surface area contributed by atoms with Crippen LogP contribution in [0.2, 0.25) is 0 Å². The molecule has 0 bridgehead atoms. The van der Waals surface area contributed by atoms with Crippen LogP contribution in [-0.2, 0) is 0 Å². The van der Waals surface area contributed by atoms with Crippen molar-refractivity contribution in [1.29, 1.82) is 0 Å². The Balaban J connectivity index is 2.12. The molecule has 108 valence electrons.